The number of esters is 1. The van der Waals surface area contributed by atoms with Gasteiger partial charge in [0.1, 0.15) is 5.52 Å². The van der Waals surface area contributed by atoms with Gasteiger partial charge in [-0.3, -0.25) is 4.98 Å². The Bertz CT molecular complexity index is 1480. The first-order valence-electron chi connectivity index (χ1n) is 10.6. The van der Waals surface area contributed by atoms with Crippen LogP contribution in [0.4, 0.5) is 0 Å². The fourth-order valence-electron chi connectivity index (χ4n) is 4.62. The third kappa shape index (κ3) is 2.98. The van der Waals surface area contributed by atoms with Crippen LogP contribution in [-0.2, 0) is 6.42 Å². The number of carbonyl (C=O) groups is 1. The molecule has 6 rings (SSSR count). The lowest BCUT2D eigenvalue weighted by atomic mass is 9.92. The molecule has 3 nitrogen and oxygen atoms in total. The van der Waals surface area contributed by atoms with Crippen LogP contribution < -0.4 is 4.74 Å². The quantitative estimate of drug-likeness (QED) is 0.240. The Hall–Kier alpha value is -4.24. The van der Waals surface area contributed by atoms with Crippen molar-refractivity contribution in [2.24, 2.45) is 0 Å². The third-order valence-corrected chi connectivity index (χ3v) is 6.07. The summed E-state index contributed by atoms with van der Waals surface area (Å²) in [5, 5.41) is 0.938. The average Bonchev–Trinajstić information content (AvgIpc) is 3.24. The van der Waals surface area contributed by atoms with Crippen molar-refractivity contribution in [3.63, 3.8) is 0 Å². The van der Waals surface area contributed by atoms with Crippen LogP contribution >= 0.6 is 0 Å². The zero-order chi connectivity index (χ0) is 21.5. The molecule has 1 aliphatic rings. The molecule has 0 radical (unpaired) electrons. The van der Waals surface area contributed by atoms with Gasteiger partial charge in [0.15, 0.2) is 5.75 Å². The molecule has 0 fully saturated rings. The van der Waals surface area contributed by atoms with E-state index in [9.17, 15) is 4.79 Å². The highest BCUT2D eigenvalue weighted by atomic mass is 16.5. The summed E-state index contributed by atoms with van der Waals surface area (Å²) in [6, 6.07) is 32.0. The van der Waals surface area contributed by atoms with Crippen LogP contribution in [0, 0.1) is 0 Å². The number of benzene rings is 4. The predicted molar refractivity (Wildman–Crippen MR) is 127 cm³/mol. The maximum atomic E-state index is 13.4. The molecular formula is C29H19NO2. The topological polar surface area (TPSA) is 39.2 Å². The number of nitrogens with zero attached hydrogens (tertiary/aromatic N) is 1. The molecule has 0 saturated carbocycles. The number of rotatable bonds is 3. The van der Waals surface area contributed by atoms with Gasteiger partial charge in [-0.15, -0.1) is 0 Å². The normalized spacial score (nSPS) is 11.8. The summed E-state index contributed by atoms with van der Waals surface area (Å²) in [5.41, 5.74) is 8.03. The molecule has 1 aliphatic carbocycles. The van der Waals surface area contributed by atoms with Gasteiger partial charge in [-0.1, -0.05) is 78.9 Å². The molecule has 0 atom stereocenters. The van der Waals surface area contributed by atoms with Gasteiger partial charge in [0.2, 0.25) is 0 Å². The van der Waals surface area contributed by atoms with Crippen LogP contribution in [0.15, 0.2) is 103 Å². The van der Waals surface area contributed by atoms with E-state index in [2.05, 4.69) is 29.2 Å². The minimum Gasteiger partial charge on any atom is -0.421 e. The Labute approximate surface area is 186 Å². The van der Waals surface area contributed by atoms with E-state index in [0.29, 0.717) is 16.8 Å². The average molecular weight is 413 g/mol. The van der Waals surface area contributed by atoms with E-state index >= 15 is 0 Å². The zero-order valence-electron chi connectivity index (χ0n) is 17.3. The van der Waals surface area contributed by atoms with Gasteiger partial charge in [0, 0.05) is 17.1 Å². The Kier molecular flexibility index (Phi) is 4.32. The molecule has 1 aromatic heterocycles. The molecule has 152 valence electrons. The molecule has 0 aliphatic heterocycles. The molecule has 3 heteroatoms. The lowest BCUT2D eigenvalue weighted by Gasteiger charge is -2.14. The van der Waals surface area contributed by atoms with Gasteiger partial charge in [-0.05, 0) is 52.4 Å². The first kappa shape index (κ1) is 18.5. The number of aromatic nitrogens is 1. The highest BCUT2D eigenvalue weighted by Crippen LogP contribution is 2.44. The van der Waals surface area contributed by atoms with Gasteiger partial charge in [0.05, 0.1) is 5.56 Å². The van der Waals surface area contributed by atoms with E-state index in [1.54, 1.807) is 12.3 Å². The van der Waals surface area contributed by atoms with Gasteiger partial charge in [-0.2, -0.15) is 0 Å². The summed E-state index contributed by atoms with van der Waals surface area (Å²) in [6.07, 6.45) is 2.51. The maximum Gasteiger partial charge on any atom is 0.344 e. The minimum absolute atomic E-state index is 0.365. The molecule has 0 saturated heterocycles. The Balaban J connectivity index is 1.49. The van der Waals surface area contributed by atoms with Crippen LogP contribution in [0.5, 0.6) is 5.75 Å². The van der Waals surface area contributed by atoms with E-state index in [0.717, 1.165) is 34.1 Å². The molecular weight excluding hydrogens is 394 g/mol. The molecule has 5 aromatic rings. The number of carbonyl (C=O) groups excluding carboxylic acids is 1. The van der Waals surface area contributed by atoms with Crippen molar-refractivity contribution in [3.05, 3.63) is 120 Å². The molecule has 32 heavy (non-hydrogen) atoms. The number of pyridine rings is 1. The van der Waals surface area contributed by atoms with E-state index in [-0.39, 0.29) is 5.97 Å². The van der Waals surface area contributed by atoms with Crippen molar-refractivity contribution in [2.75, 3.05) is 0 Å². The SMILES string of the molecule is O=C(Oc1cccc2cccnc12)c1ccc(-c2ccccc2)c2c1-c1ccccc1C2. The Morgan fingerprint density at radius 3 is 2.47 bits per heavy atom. The standard InChI is InChI=1S/C29H19NO2/c31-29(32-26-14-6-11-20-12-7-17-30-28(20)26)24-16-15-22(19-8-2-1-3-9-19)25-18-21-10-4-5-13-23(21)27(24)25/h1-17H,18H2. The van der Waals surface area contributed by atoms with Crippen LogP contribution in [0.25, 0.3) is 33.2 Å². The second-order valence-electron chi connectivity index (χ2n) is 7.93. The van der Waals surface area contributed by atoms with Crippen molar-refractivity contribution >= 4 is 16.9 Å². The summed E-state index contributed by atoms with van der Waals surface area (Å²) in [4.78, 5) is 17.8. The monoisotopic (exact) mass is 413 g/mol. The summed E-state index contributed by atoms with van der Waals surface area (Å²) in [6.45, 7) is 0. The highest BCUT2D eigenvalue weighted by molar-refractivity contribution is 6.04. The minimum atomic E-state index is -0.365. The maximum absolute atomic E-state index is 13.4. The molecule has 1 heterocycles. The largest absolute Gasteiger partial charge is 0.421 e. The molecule has 4 aromatic carbocycles. The van der Waals surface area contributed by atoms with Gasteiger partial charge < -0.3 is 4.74 Å². The molecule has 0 bridgehead atoms. The van der Waals surface area contributed by atoms with E-state index in [1.165, 1.54) is 11.1 Å². The predicted octanol–water partition coefficient (Wildman–Crippen LogP) is 6.69. The van der Waals surface area contributed by atoms with Crippen LogP contribution in [0.1, 0.15) is 21.5 Å². The fraction of sp³-hybridized carbons (Fsp3) is 0.0345. The molecule has 0 N–H and O–H groups in total. The summed E-state index contributed by atoms with van der Waals surface area (Å²) >= 11 is 0. The van der Waals surface area contributed by atoms with E-state index in [1.807, 2.05) is 66.7 Å². The lowest BCUT2D eigenvalue weighted by molar-refractivity contribution is 0.0737. The number of hydrogen-bond donors (Lipinski definition) is 0. The highest BCUT2D eigenvalue weighted by Gasteiger charge is 2.28. The van der Waals surface area contributed by atoms with Crippen LogP contribution in [-0.4, -0.2) is 11.0 Å². The van der Waals surface area contributed by atoms with Gasteiger partial charge in [-0.25, -0.2) is 4.79 Å². The smallest absolute Gasteiger partial charge is 0.344 e. The first-order chi connectivity index (χ1) is 15.8. The zero-order valence-corrected chi connectivity index (χ0v) is 17.3. The number of para-hydroxylation sites is 1. The summed E-state index contributed by atoms with van der Waals surface area (Å²) in [7, 11) is 0. The first-order valence-corrected chi connectivity index (χ1v) is 10.6. The third-order valence-electron chi connectivity index (χ3n) is 6.07. The van der Waals surface area contributed by atoms with Crippen molar-refractivity contribution < 1.29 is 9.53 Å². The van der Waals surface area contributed by atoms with Crippen molar-refractivity contribution in [2.45, 2.75) is 6.42 Å². The van der Waals surface area contributed by atoms with Crippen LogP contribution in [0.2, 0.25) is 0 Å². The lowest BCUT2D eigenvalue weighted by Crippen LogP contribution is -2.11. The van der Waals surface area contributed by atoms with Crippen molar-refractivity contribution in [3.8, 4) is 28.0 Å². The Morgan fingerprint density at radius 2 is 1.56 bits per heavy atom. The fourth-order valence-corrected chi connectivity index (χ4v) is 4.62. The Morgan fingerprint density at radius 1 is 0.750 bits per heavy atom. The van der Waals surface area contributed by atoms with Crippen molar-refractivity contribution in [1.29, 1.82) is 0 Å². The molecule has 0 amide bonds. The number of ether oxygens (including phenoxy) is 1. The second kappa shape index (κ2) is 7.47. The molecule has 0 spiro atoms. The summed E-state index contributed by atoms with van der Waals surface area (Å²) < 4.78 is 5.90. The van der Waals surface area contributed by atoms with Gasteiger partial charge >= 0.3 is 5.97 Å². The number of hydrogen-bond acceptors (Lipinski definition) is 3. The van der Waals surface area contributed by atoms with Crippen molar-refractivity contribution in [1.82, 2.24) is 4.98 Å². The second-order valence-corrected chi connectivity index (χ2v) is 7.93. The van der Waals surface area contributed by atoms with E-state index in [4.69, 9.17) is 4.74 Å². The molecule has 0 unspecified atom stereocenters. The number of fused-ring (bicyclic) bond motifs is 4. The van der Waals surface area contributed by atoms with Gasteiger partial charge in [0.25, 0.3) is 0 Å². The van der Waals surface area contributed by atoms with Crippen LogP contribution in [0.3, 0.4) is 0 Å². The van der Waals surface area contributed by atoms with E-state index < -0.39 is 0 Å². The summed E-state index contributed by atoms with van der Waals surface area (Å²) in [5.74, 6) is 0.107.